The van der Waals surface area contributed by atoms with E-state index in [0.717, 1.165) is 13.0 Å². The number of hydrogen-bond acceptors (Lipinski definition) is 0. The van der Waals surface area contributed by atoms with Gasteiger partial charge in [-0.3, -0.25) is 0 Å². The Labute approximate surface area is 237 Å². The van der Waals surface area contributed by atoms with Gasteiger partial charge in [0.1, 0.15) is 0 Å². The Bertz CT molecular complexity index is 1750. The van der Waals surface area contributed by atoms with E-state index in [1.165, 1.54) is 55.6 Å². The molecule has 0 N–H and O–H groups in total. The molecule has 1 heteroatoms. The molecule has 0 fully saturated rings. The van der Waals surface area contributed by atoms with Gasteiger partial charge in [0.2, 0.25) is 0 Å². The van der Waals surface area contributed by atoms with Gasteiger partial charge in [-0.1, -0.05) is 128 Å². The molecule has 3 unspecified atom stereocenters. The highest BCUT2D eigenvalue weighted by Gasteiger charge is 2.35. The molecular weight excluding hydrogens is 482 g/mol. The van der Waals surface area contributed by atoms with Crippen LogP contribution in [0.25, 0.3) is 38.7 Å². The summed E-state index contributed by atoms with van der Waals surface area (Å²) in [4.78, 5) is 0. The molecule has 0 bridgehead atoms. The van der Waals surface area contributed by atoms with Crippen LogP contribution in [0.2, 0.25) is 0 Å². The maximum Gasteiger partial charge on any atom is 0.0568 e. The zero-order valence-corrected chi connectivity index (χ0v) is 23.3. The number of aryl methyl sites for hydroxylation is 1. The zero-order chi connectivity index (χ0) is 27.1. The van der Waals surface area contributed by atoms with Crippen molar-refractivity contribution in [1.82, 2.24) is 4.57 Å². The van der Waals surface area contributed by atoms with Crippen LogP contribution in [-0.2, 0) is 6.54 Å². The maximum atomic E-state index is 2.62. The lowest BCUT2D eigenvalue weighted by molar-refractivity contribution is 0.643. The first-order chi connectivity index (χ1) is 19.7. The third-order valence-corrected chi connectivity index (χ3v) is 8.89. The first-order valence-corrected chi connectivity index (χ1v) is 14.7. The van der Waals surface area contributed by atoms with Crippen molar-refractivity contribution >= 4 is 16.5 Å². The number of aromatic nitrogens is 1. The predicted molar refractivity (Wildman–Crippen MR) is 170 cm³/mol. The summed E-state index contributed by atoms with van der Waals surface area (Å²) in [6.07, 6.45) is 12.8. The van der Waals surface area contributed by atoms with Crippen molar-refractivity contribution in [3.05, 3.63) is 150 Å². The summed E-state index contributed by atoms with van der Waals surface area (Å²) in [5.41, 5.74) is 12.3. The largest absolute Gasteiger partial charge is 0.340 e. The Morgan fingerprint density at radius 3 is 2.08 bits per heavy atom. The first kappa shape index (κ1) is 24.7. The van der Waals surface area contributed by atoms with Crippen molar-refractivity contribution in [2.75, 3.05) is 0 Å². The summed E-state index contributed by atoms with van der Waals surface area (Å²) in [6.45, 7) is 5.68. The summed E-state index contributed by atoms with van der Waals surface area (Å²) in [5, 5.41) is 1.39. The lowest BCUT2D eigenvalue weighted by Gasteiger charge is -2.33. The van der Waals surface area contributed by atoms with Gasteiger partial charge < -0.3 is 4.57 Å². The molecule has 1 heterocycles. The van der Waals surface area contributed by atoms with E-state index in [1.54, 1.807) is 0 Å². The Morgan fingerprint density at radius 2 is 1.43 bits per heavy atom. The standard InChI is InChI=1S/C39H35N/c1-3-40-38-34(30-20-12-6-13-21-30)24-32(28-16-8-4-9-17-28)25-36(38)37-27(2)33(29-18-10-5-11-19-29)26-35(39(37)40)31-22-14-7-15-23-31/h4-22,24-27,31,33H,3,23H2,1-2H3. The van der Waals surface area contributed by atoms with Crippen LogP contribution in [0.5, 0.6) is 0 Å². The van der Waals surface area contributed by atoms with E-state index in [9.17, 15) is 0 Å². The van der Waals surface area contributed by atoms with Crippen LogP contribution < -0.4 is 0 Å². The number of hydrogen-bond donors (Lipinski definition) is 0. The summed E-state index contributed by atoms with van der Waals surface area (Å²) in [6, 6.07) is 37.8. The second kappa shape index (κ2) is 10.3. The monoisotopic (exact) mass is 517 g/mol. The Balaban J connectivity index is 1.58. The minimum atomic E-state index is 0.333. The van der Waals surface area contributed by atoms with Crippen LogP contribution in [0.4, 0.5) is 0 Å². The van der Waals surface area contributed by atoms with Crippen molar-refractivity contribution in [3.63, 3.8) is 0 Å². The normalized spacial score (nSPS) is 19.9. The lowest BCUT2D eigenvalue weighted by atomic mass is 9.72. The molecule has 40 heavy (non-hydrogen) atoms. The molecule has 2 aliphatic carbocycles. The van der Waals surface area contributed by atoms with E-state index in [4.69, 9.17) is 0 Å². The van der Waals surface area contributed by atoms with Gasteiger partial charge in [0.15, 0.2) is 0 Å². The molecule has 0 amide bonds. The highest BCUT2D eigenvalue weighted by molar-refractivity contribution is 6.04. The Hall–Kier alpha value is -4.36. The maximum absolute atomic E-state index is 2.62. The van der Waals surface area contributed by atoms with Gasteiger partial charge >= 0.3 is 0 Å². The van der Waals surface area contributed by atoms with E-state index in [1.807, 2.05) is 0 Å². The van der Waals surface area contributed by atoms with Gasteiger partial charge in [-0.25, -0.2) is 0 Å². The fourth-order valence-electron chi connectivity index (χ4n) is 7.01. The SMILES string of the molecule is CCn1c2c(c3cc(-c4ccccc4)cc(-c4ccccc4)c31)C(C)C(c1ccccc1)C=C2C1C=CC=CC1. The smallest absolute Gasteiger partial charge is 0.0568 e. The minimum absolute atomic E-state index is 0.333. The average molecular weight is 518 g/mol. The van der Waals surface area contributed by atoms with Gasteiger partial charge in [-0.2, -0.15) is 0 Å². The van der Waals surface area contributed by atoms with E-state index >= 15 is 0 Å². The number of rotatable bonds is 5. The van der Waals surface area contributed by atoms with E-state index in [0.29, 0.717) is 17.8 Å². The van der Waals surface area contributed by atoms with Gasteiger partial charge in [0.25, 0.3) is 0 Å². The van der Waals surface area contributed by atoms with Crippen LogP contribution in [0.1, 0.15) is 48.9 Å². The molecule has 4 aromatic carbocycles. The van der Waals surface area contributed by atoms with Crippen molar-refractivity contribution in [3.8, 4) is 22.3 Å². The van der Waals surface area contributed by atoms with Gasteiger partial charge in [-0.05, 0) is 64.8 Å². The fourth-order valence-corrected chi connectivity index (χ4v) is 7.01. The third-order valence-electron chi connectivity index (χ3n) is 8.89. The van der Waals surface area contributed by atoms with Gasteiger partial charge in [0, 0.05) is 35.0 Å². The van der Waals surface area contributed by atoms with E-state index in [-0.39, 0.29) is 0 Å². The van der Waals surface area contributed by atoms with Crippen molar-refractivity contribution in [2.45, 2.75) is 38.6 Å². The predicted octanol–water partition coefficient (Wildman–Crippen LogP) is 10.4. The van der Waals surface area contributed by atoms with E-state index in [2.05, 4.69) is 152 Å². The van der Waals surface area contributed by atoms with Crippen LogP contribution in [0.15, 0.2) is 134 Å². The number of benzene rings is 4. The van der Waals surface area contributed by atoms with Gasteiger partial charge in [-0.15, -0.1) is 0 Å². The second-order valence-corrected chi connectivity index (χ2v) is 11.2. The summed E-state index contributed by atoms with van der Waals surface area (Å²) < 4.78 is 2.62. The second-order valence-electron chi connectivity index (χ2n) is 11.2. The van der Waals surface area contributed by atoms with Crippen LogP contribution >= 0.6 is 0 Å². The summed E-state index contributed by atoms with van der Waals surface area (Å²) in [7, 11) is 0. The lowest BCUT2D eigenvalue weighted by Crippen LogP contribution is -2.18. The molecular formula is C39H35N. The molecule has 5 aromatic rings. The molecule has 0 radical (unpaired) electrons. The van der Waals surface area contributed by atoms with Crippen LogP contribution in [-0.4, -0.2) is 4.57 Å². The number of nitrogens with zero attached hydrogens (tertiary/aromatic N) is 1. The Morgan fingerprint density at radius 1 is 0.750 bits per heavy atom. The highest BCUT2D eigenvalue weighted by atomic mass is 15.0. The average Bonchev–Trinajstić information content (AvgIpc) is 3.37. The fraction of sp³-hybridized carbons (Fsp3) is 0.179. The topological polar surface area (TPSA) is 4.93 Å². The van der Waals surface area contributed by atoms with Crippen LogP contribution in [0, 0.1) is 5.92 Å². The quantitative estimate of drug-likeness (QED) is 0.218. The van der Waals surface area contributed by atoms with Crippen molar-refractivity contribution in [1.29, 1.82) is 0 Å². The molecule has 1 nitrogen and oxygen atoms in total. The zero-order valence-electron chi connectivity index (χ0n) is 23.3. The van der Waals surface area contributed by atoms with E-state index < -0.39 is 0 Å². The Kier molecular flexibility index (Phi) is 6.36. The molecule has 1 aromatic heterocycles. The molecule has 2 aliphatic rings. The minimum Gasteiger partial charge on any atom is -0.340 e. The molecule has 0 saturated carbocycles. The molecule has 196 valence electrons. The summed E-state index contributed by atoms with van der Waals surface area (Å²) in [5.74, 6) is 1.07. The molecule has 7 rings (SSSR count). The van der Waals surface area contributed by atoms with Gasteiger partial charge in [0.05, 0.1) is 5.52 Å². The molecule has 0 spiro atoms. The third kappa shape index (κ3) is 4.09. The van der Waals surface area contributed by atoms with Crippen LogP contribution in [0.3, 0.4) is 0 Å². The highest BCUT2D eigenvalue weighted by Crippen LogP contribution is 2.52. The number of fused-ring (bicyclic) bond motifs is 3. The van der Waals surface area contributed by atoms with Crippen molar-refractivity contribution < 1.29 is 0 Å². The molecule has 0 aliphatic heterocycles. The molecule has 0 saturated heterocycles. The van der Waals surface area contributed by atoms with Crippen molar-refractivity contribution in [2.24, 2.45) is 5.92 Å². The number of allylic oxidation sites excluding steroid dienone is 6. The first-order valence-electron chi connectivity index (χ1n) is 14.7. The summed E-state index contributed by atoms with van der Waals surface area (Å²) >= 11 is 0. The molecule has 3 atom stereocenters.